The molecule has 0 aromatic heterocycles. The number of hydrogen-bond donors (Lipinski definition) is 1. The molecule has 0 saturated heterocycles. The first-order chi connectivity index (χ1) is 15.4. The quantitative estimate of drug-likeness (QED) is 0.247. The molecule has 3 rings (SSSR count). The number of nitro groups is 1. The molecule has 32 heavy (non-hydrogen) atoms. The summed E-state index contributed by atoms with van der Waals surface area (Å²) in [6, 6.07) is 17.8. The zero-order chi connectivity index (χ0) is 23.1. The summed E-state index contributed by atoms with van der Waals surface area (Å²) in [5, 5.41) is 13.5. The molecule has 162 valence electrons. The van der Waals surface area contributed by atoms with E-state index in [1.165, 1.54) is 37.4 Å². The van der Waals surface area contributed by atoms with E-state index >= 15 is 0 Å². The number of carbonyl (C=O) groups excluding carboxylic acids is 3. The first-order valence-electron chi connectivity index (χ1n) is 9.38. The van der Waals surface area contributed by atoms with Crippen LogP contribution in [0.3, 0.4) is 0 Å². The molecule has 0 aliphatic heterocycles. The van der Waals surface area contributed by atoms with Crippen LogP contribution in [0.25, 0.3) is 0 Å². The smallest absolute Gasteiger partial charge is 0.340 e. The monoisotopic (exact) mass is 434 g/mol. The number of nitrogens with one attached hydrogen (secondary N) is 1. The lowest BCUT2D eigenvalue weighted by Gasteiger charge is -2.11. The SMILES string of the molecule is COc1cccc(C(=O)Nc2ccccc2C(=O)OCC(=O)c2cccc([N+](=O)[O-])c2)c1. The van der Waals surface area contributed by atoms with Crippen molar-refractivity contribution in [3.8, 4) is 5.75 Å². The molecule has 0 aliphatic rings. The Morgan fingerprint density at radius 1 is 0.938 bits per heavy atom. The molecule has 3 aromatic carbocycles. The number of amides is 1. The molecule has 0 saturated carbocycles. The number of rotatable bonds is 8. The Kier molecular flexibility index (Phi) is 6.92. The van der Waals surface area contributed by atoms with Crippen LogP contribution in [0, 0.1) is 10.1 Å². The maximum atomic E-state index is 12.6. The number of ether oxygens (including phenoxy) is 2. The van der Waals surface area contributed by atoms with Crippen molar-refractivity contribution in [3.05, 3.63) is 99.6 Å². The van der Waals surface area contributed by atoms with E-state index in [1.807, 2.05) is 0 Å². The normalized spacial score (nSPS) is 10.2. The summed E-state index contributed by atoms with van der Waals surface area (Å²) in [7, 11) is 1.48. The van der Waals surface area contributed by atoms with Crippen LogP contribution in [0.15, 0.2) is 72.8 Å². The second-order valence-corrected chi connectivity index (χ2v) is 6.54. The third-order valence-corrected chi connectivity index (χ3v) is 4.44. The van der Waals surface area contributed by atoms with Gasteiger partial charge < -0.3 is 14.8 Å². The predicted molar refractivity (Wildman–Crippen MR) is 115 cm³/mol. The molecule has 3 aromatic rings. The van der Waals surface area contributed by atoms with E-state index in [0.29, 0.717) is 11.3 Å². The number of nitrogens with zero attached hydrogens (tertiary/aromatic N) is 1. The molecule has 0 radical (unpaired) electrons. The fourth-order valence-electron chi connectivity index (χ4n) is 2.81. The molecular weight excluding hydrogens is 416 g/mol. The molecule has 1 N–H and O–H groups in total. The Bertz CT molecular complexity index is 1190. The van der Waals surface area contributed by atoms with E-state index in [4.69, 9.17) is 9.47 Å². The van der Waals surface area contributed by atoms with Crippen molar-refractivity contribution in [1.82, 2.24) is 0 Å². The molecule has 9 nitrogen and oxygen atoms in total. The third kappa shape index (κ3) is 5.33. The van der Waals surface area contributed by atoms with Gasteiger partial charge >= 0.3 is 5.97 Å². The van der Waals surface area contributed by atoms with E-state index in [2.05, 4.69) is 5.32 Å². The van der Waals surface area contributed by atoms with Crippen molar-refractivity contribution >= 4 is 29.0 Å². The summed E-state index contributed by atoms with van der Waals surface area (Å²) in [4.78, 5) is 47.6. The number of methoxy groups -OCH3 is 1. The molecule has 0 bridgehead atoms. The number of carbonyl (C=O) groups is 3. The van der Waals surface area contributed by atoms with Gasteiger partial charge in [0.25, 0.3) is 11.6 Å². The van der Waals surface area contributed by atoms with Crippen molar-refractivity contribution in [1.29, 1.82) is 0 Å². The number of hydrogen-bond acceptors (Lipinski definition) is 7. The van der Waals surface area contributed by atoms with Crippen LogP contribution in [-0.4, -0.2) is 36.3 Å². The van der Waals surface area contributed by atoms with Gasteiger partial charge in [-0.25, -0.2) is 4.79 Å². The summed E-state index contributed by atoms with van der Waals surface area (Å²) >= 11 is 0. The van der Waals surface area contributed by atoms with Crippen LogP contribution in [0.2, 0.25) is 0 Å². The highest BCUT2D eigenvalue weighted by Gasteiger charge is 2.18. The van der Waals surface area contributed by atoms with Gasteiger partial charge in [-0.2, -0.15) is 0 Å². The second-order valence-electron chi connectivity index (χ2n) is 6.54. The number of nitro benzene ring substituents is 1. The summed E-state index contributed by atoms with van der Waals surface area (Å²) in [5.41, 5.74) is 0.386. The number of Topliss-reactive ketones (excluding diaryl/α,β-unsaturated/α-hetero) is 1. The van der Waals surface area contributed by atoms with Gasteiger partial charge in [-0.15, -0.1) is 0 Å². The summed E-state index contributed by atoms with van der Waals surface area (Å²) in [6.45, 7) is -0.613. The first kappa shape index (κ1) is 22.2. The zero-order valence-electron chi connectivity index (χ0n) is 16.9. The van der Waals surface area contributed by atoms with Crippen LogP contribution in [-0.2, 0) is 4.74 Å². The van der Waals surface area contributed by atoms with E-state index in [-0.39, 0.29) is 22.5 Å². The Balaban J connectivity index is 1.70. The number of esters is 1. The average Bonchev–Trinajstić information content (AvgIpc) is 2.82. The van der Waals surface area contributed by atoms with E-state index < -0.39 is 29.2 Å². The highest BCUT2D eigenvalue weighted by Crippen LogP contribution is 2.20. The third-order valence-electron chi connectivity index (χ3n) is 4.44. The summed E-state index contributed by atoms with van der Waals surface area (Å²) in [5.74, 6) is -1.38. The van der Waals surface area contributed by atoms with Gasteiger partial charge in [0.15, 0.2) is 6.61 Å². The lowest BCUT2D eigenvalue weighted by Crippen LogP contribution is -2.18. The van der Waals surface area contributed by atoms with Crippen molar-refractivity contribution in [2.45, 2.75) is 0 Å². The highest BCUT2D eigenvalue weighted by molar-refractivity contribution is 6.08. The largest absolute Gasteiger partial charge is 0.497 e. The van der Waals surface area contributed by atoms with Crippen LogP contribution in [0.4, 0.5) is 11.4 Å². The Labute approximate surface area is 182 Å². The number of non-ortho nitro benzene ring substituents is 1. The Morgan fingerprint density at radius 3 is 2.41 bits per heavy atom. The van der Waals surface area contributed by atoms with E-state index in [9.17, 15) is 24.5 Å². The first-order valence-corrected chi connectivity index (χ1v) is 9.38. The lowest BCUT2D eigenvalue weighted by molar-refractivity contribution is -0.384. The number of benzene rings is 3. The van der Waals surface area contributed by atoms with Gasteiger partial charge in [0.2, 0.25) is 5.78 Å². The molecular formula is C23H18N2O7. The van der Waals surface area contributed by atoms with Gasteiger partial charge in [0.05, 0.1) is 23.3 Å². The van der Waals surface area contributed by atoms with Gasteiger partial charge in [-0.1, -0.05) is 30.3 Å². The van der Waals surface area contributed by atoms with Crippen molar-refractivity contribution in [2.75, 3.05) is 19.0 Å². The Morgan fingerprint density at radius 2 is 1.66 bits per heavy atom. The number of anilines is 1. The fourth-order valence-corrected chi connectivity index (χ4v) is 2.81. The van der Waals surface area contributed by atoms with Crippen LogP contribution < -0.4 is 10.1 Å². The zero-order valence-corrected chi connectivity index (χ0v) is 16.9. The summed E-state index contributed by atoms with van der Waals surface area (Å²) < 4.78 is 10.2. The maximum absolute atomic E-state index is 12.6. The van der Waals surface area contributed by atoms with E-state index in [1.54, 1.807) is 36.4 Å². The van der Waals surface area contributed by atoms with Crippen molar-refractivity contribution in [2.24, 2.45) is 0 Å². The molecule has 0 atom stereocenters. The average molecular weight is 434 g/mol. The molecule has 0 aliphatic carbocycles. The van der Waals surface area contributed by atoms with Gasteiger partial charge in [-0.3, -0.25) is 19.7 Å². The van der Waals surface area contributed by atoms with Crippen LogP contribution >= 0.6 is 0 Å². The minimum absolute atomic E-state index is 0.0478. The van der Waals surface area contributed by atoms with Crippen molar-refractivity contribution in [3.63, 3.8) is 0 Å². The van der Waals surface area contributed by atoms with E-state index in [0.717, 1.165) is 6.07 Å². The highest BCUT2D eigenvalue weighted by atomic mass is 16.6. The molecule has 0 unspecified atom stereocenters. The fraction of sp³-hybridized carbons (Fsp3) is 0.0870. The standard InChI is InChI=1S/C23H18N2O7/c1-31-18-9-5-7-16(13-18)22(27)24-20-11-3-2-10-19(20)23(28)32-14-21(26)15-6-4-8-17(12-15)25(29)30/h2-13H,14H2,1H3,(H,24,27). The van der Waals surface area contributed by atoms with Crippen LogP contribution in [0.5, 0.6) is 5.75 Å². The molecule has 9 heteroatoms. The molecule has 0 heterocycles. The predicted octanol–water partition coefficient (Wildman–Crippen LogP) is 3.90. The maximum Gasteiger partial charge on any atom is 0.340 e. The number of ketones is 1. The van der Waals surface area contributed by atoms with Crippen molar-refractivity contribution < 1.29 is 28.8 Å². The number of para-hydroxylation sites is 1. The molecule has 0 spiro atoms. The Hall–Kier alpha value is -4.53. The molecule has 0 fully saturated rings. The lowest BCUT2D eigenvalue weighted by atomic mass is 10.1. The second kappa shape index (κ2) is 9.98. The van der Waals surface area contributed by atoms with Gasteiger partial charge in [0, 0.05) is 23.3 Å². The minimum Gasteiger partial charge on any atom is -0.497 e. The topological polar surface area (TPSA) is 125 Å². The molecule has 1 amide bonds. The van der Waals surface area contributed by atoms with Gasteiger partial charge in [-0.05, 0) is 30.3 Å². The van der Waals surface area contributed by atoms with Crippen LogP contribution in [0.1, 0.15) is 31.1 Å². The van der Waals surface area contributed by atoms with Gasteiger partial charge in [0.1, 0.15) is 5.75 Å². The minimum atomic E-state index is -0.828. The summed E-state index contributed by atoms with van der Waals surface area (Å²) in [6.07, 6.45) is 0.